The van der Waals surface area contributed by atoms with Crippen LogP contribution in [0.25, 0.3) is 10.9 Å². The van der Waals surface area contributed by atoms with E-state index in [4.69, 9.17) is 34.8 Å². The molecule has 0 saturated carbocycles. The van der Waals surface area contributed by atoms with Crippen LogP contribution in [0.3, 0.4) is 0 Å². The van der Waals surface area contributed by atoms with Crippen molar-refractivity contribution in [3.63, 3.8) is 0 Å². The third-order valence-electron chi connectivity index (χ3n) is 3.37. The highest BCUT2D eigenvalue weighted by atomic mass is 35.5. The second-order valence-electron chi connectivity index (χ2n) is 4.95. The Morgan fingerprint density at radius 3 is 2.57 bits per heavy atom. The summed E-state index contributed by atoms with van der Waals surface area (Å²) in [5.74, 6) is 0. The van der Waals surface area contributed by atoms with E-state index in [9.17, 15) is 0 Å². The number of pyridine rings is 1. The first-order valence-corrected chi connectivity index (χ1v) is 7.98. The SMILES string of the molecule is C/C(=N\Nc1ccnc2cc(Cl)ccc12)c1cc(Cl)ccc1Cl. The van der Waals surface area contributed by atoms with E-state index < -0.39 is 0 Å². The number of benzene rings is 2. The van der Waals surface area contributed by atoms with Crippen LogP contribution in [0.5, 0.6) is 0 Å². The lowest BCUT2D eigenvalue weighted by Gasteiger charge is -2.08. The summed E-state index contributed by atoms with van der Waals surface area (Å²) in [5, 5.41) is 7.20. The van der Waals surface area contributed by atoms with E-state index in [0.29, 0.717) is 15.1 Å². The summed E-state index contributed by atoms with van der Waals surface area (Å²) in [4.78, 5) is 4.30. The molecule has 23 heavy (non-hydrogen) atoms. The molecule has 116 valence electrons. The maximum Gasteiger partial charge on any atom is 0.0738 e. The highest BCUT2D eigenvalue weighted by molar-refractivity contribution is 6.36. The van der Waals surface area contributed by atoms with Gasteiger partial charge in [-0.3, -0.25) is 10.4 Å². The molecule has 6 heteroatoms. The van der Waals surface area contributed by atoms with Gasteiger partial charge in [0.05, 0.1) is 16.9 Å². The molecule has 1 N–H and O–H groups in total. The molecule has 0 aliphatic carbocycles. The molecule has 0 fully saturated rings. The molecule has 0 atom stereocenters. The second-order valence-corrected chi connectivity index (χ2v) is 6.23. The lowest BCUT2D eigenvalue weighted by Crippen LogP contribution is -2.01. The number of nitrogens with zero attached hydrogens (tertiary/aromatic N) is 2. The van der Waals surface area contributed by atoms with E-state index in [-0.39, 0.29) is 0 Å². The quantitative estimate of drug-likeness (QED) is 0.455. The Balaban J connectivity index is 1.95. The Labute approximate surface area is 148 Å². The van der Waals surface area contributed by atoms with Gasteiger partial charge in [-0.2, -0.15) is 5.10 Å². The number of aromatic nitrogens is 1. The highest BCUT2D eigenvalue weighted by Crippen LogP contribution is 2.25. The maximum atomic E-state index is 6.19. The largest absolute Gasteiger partial charge is 0.277 e. The summed E-state index contributed by atoms with van der Waals surface area (Å²) in [7, 11) is 0. The molecule has 3 rings (SSSR count). The number of hydrazone groups is 1. The van der Waals surface area contributed by atoms with E-state index in [1.165, 1.54) is 0 Å². The van der Waals surface area contributed by atoms with Gasteiger partial charge in [-0.1, -0.05) is 34.8 Å². The molecule has 0 saturated heterocycles. The Hall–Kier alpha value is -1.81. The van der Waals surface area contributed by atoms with Gasteiger partial charge in [0.15, 0.2) is 0 Å². The van der Waals surface area contributed by atoms with Gasteiger partial charge in [0.1, 0.15) is 0 Å². The average molecular weight is 365 g/mol. The van der Waals surface area contributed by atoms with Crippen LogP contribution in [0.4, 0.5) is 5.69 Å². The van der Waals surface area contributed by atoms with Crippen molar-refractivity contribution < 1.29 is 0 Å². The number of hydrogen-bond donors (Lipinski definition) is 1. The summed E-state index contributed by atoms with van der Waals surface area (Å²) in [6.45, 7) is 1.87. The second kappa shape index (κ2) is 6.75. The summed E-state index contributed by atoms with van der Waals surface area (Å²) in [6, 6.07) is 12.7. The molecule has 0 unspecified atom stereocenters. The first kappa shape index (κ1) is 16.1. The predicted molar refractivity (Wildman–Crippen MR) is 99.0 cm³/mol. The van der Waals surface area contributed by atoms with Crippen LogP contribution in [0.15, 0.2) is 53.8 Å². The molecule has 1 heterocycles. The number of rotatable bonds is 3. The standard InChI is InChI=1S/C17H12Cl3N3/c1-10(14-8-11(18)3-5-15(14)20)22-23-16-6-7-21-17-9-12(19)2-4-13(16)17/h2-9H,1H3,(H,21,23)/b22-10+. The van der Waals surface area contributed by atoms with Gasteiger partial charge in [-0.25, -0.2) is 0 Å². The van der Waals surface area contributed by atoms with Gasteiger partial charge in [-0.15, -0.1) is 0 Å². The first-order valence-electron chi connectivity index (χ1n) is 6.84. The third-order valence-corrected chi connectivity index (χ3v) is 4.17. The summed E-state index contributed by atoms with van der Waals surface area (Å²) in [5.41, 5.74) is 6.21. The Bertz CT molecular complexity index is 907. The number of nitrogens with one attached hydrogen (secondary N) is 1. The lowest BCUT2D eigenvalue weighted by atomic mass is 10.1. The third kappa shape index (κ3) is 3.58. The predicted octanol–water partition coefficient (Wildman–Crippen LogP) is 6.03. The van der Waals surface area contributed by atoms with Gasteiger partial charge in [-0.05, 0) is 49.4 Å². The van der Waals surface area contributed by atoms with Crippen molar-refractivity contribution in [2.45, 2.75) is 6.92 Å². The van der Waals surface area contributed by atoms with Gasteiger partial charge in [0.25, 0.3) is 0 Å². The lowest BCUT2D eigenvalue weighted by molar-refractivity contribution is 1.31. The fourth-order valence-corrected chi connectivity index (χ4v) is 2.79. The molecule has 2 aromatic carbocycles. The normalized spacial score (nSPS) is 11.7. The zero-order valence-electron chi connectivity index (χ0n) is 12.1. The van der Waals surface area contributed by atoms with Crippen LogP contribution >= 0.6 is 34.8 Å². The minimum Gasteiger partial charge on any atom is -0.277 e. The fraction of sp³-hybridized carbons (Fsp3) is 0.0588. The van der Waals surface area contributed by atoms with Crippen LogP contribution < -0.4 is 5.43 Å². The number of halogens is 3. The topological polar surface area (TPSA) is 37.3 Å². The zero-order valence-corrected chi connectivity index (χ0v) is 14.4. The highest BCUT2D eigenvalue weighted by Gasteiger charge is 2.06. The van der Waals surface area contributed by atoms with Crippen LogP contribution in [-0.4, -0.2) is 10.7 Å². The van der Waals surface area contributed by atoms with Crippen LogP contribution in [0.1, 0.15) is 12.5 Å². The van der Waals surface area contributed by atoms with Crippen LogP contribution in [0, 0.1) is 0 Å². The molecule has 0 spiro atoms. The molecule has 0 aliphatic rings. The van der Waals surface area contributed by atoms with Gasteiger partial charge >= 0.3 is 0 Å². The van der Waals surface area contributed by atoms with Gasteiger partial charge in [0, 0.05) is 32.2 Å². The summed E-state index contributed by atoms with van der Waals surface area (Å²) < 4.78 is 0. The molecule has 0 amide bonds. The number of fused-ring (bicyclic) bond motifs is 1. The van der Waals surface area contributed by atoms with Crippen molar-refractivity contribution >= 4 is 57.1 Å². The van der Waals surface area contributed by atoms with E-state index in [0.717, 1.165) is 27.9 Å². The van der Waals surface area contributed by atoms with E-state index in [1.807, 2.05) is 31.2 Å². The van der Waals surface area contributed by atoms with Crippen LogP contribution in [-0.2, 0) is 0 Å². The fourth-order valence-electron chi connectivity index (χ4n) is 2.20. The molecule has 0 radical (unpaired) electrons. The van der Waals surface area contributed by atoms with Crippen LogP contribution in [0.2, 0.25) is 15.1 Å². The number of anilines is 1. The summed E-state index contributed by atoms with van der Waals surface area (Å²) in [6.07, 6.45) is 1.71. The van der Waals surface area contributed by atoms with E-state index in [1.54, 1.807) is 24.4 Å². The van der Waals surface area contributed by atoms with E-state index >= 15 is 0 Å². The average Bonchev–Trinajstić information content (AvgIpc) is 2.54. The van der Waals surface area contributed by atoms with Crippen molar-refractivity contribution in [1.82, 2.24) is 4.98 Å². The number of hydrogen-bond acceptors (Lipinski definition) is 3. The molecule has 3 nitrogen and oxygen atoms in total. The molecule has 3 aromatic rings. The molecule has 0 aliphatic heterocycles. The van der Waals surface area contributed by atoms with Crippen molar-refractivity contribution in [2.75, 3.05) is 5.43 Å². The molecule has 0 bridgehead atoms. The zero-order chi connectivity index (χ0) is 16.4. The minimum absolute atomic E-state index is 0.601. The van der Waals surface area contributed by atoms with Crippen molar-refractivity contribution in [3.05, 3.63) is 69.3 Å². The molecular formula is C17H12Cl3N3. The van der Waals surface area contributed by atoms with Gasteiger partial charge < -0.3 is 0 Å². The van der Waals surface area contributed by atoms with Gasteiger partial charge in [0.2, 0.25) is 0 Å². The maximum absolute atomic E-state index is 6.19. The Morgan fingerprint density at radius 2 is 1.74 bits per heavy atom. The van der Waals surface area contributed by atoms with E-state index in [2.05, 4.69) is 15.5 Å². The monoisotopic (exact) mass is 363 g/mol. The van der Waals surface area contributed by atoms with Crippen molar-refractivity contribution in [1.29, 1.82) is 0 Å². The Morgan fingerprint density at radius 1 is 1.00 bits per heavy atom. The minimum atomic E-state index is 0.601. The van der Waals surface area contributed by atoms with Crippen molar-refractivity contribution in [3.8, 4) is 0 Å². The van der Waals surface area contributed by atoms with Crippen molar-refractivity contribution in [2.24, 2.45) is 5.10 Å². The molecular weight excluding hydrogens is 353 g/mol. The summed E-state index contributed by atoms with van der Waals surface area (Å²) >= 11 is 18.2. The molecule has 1 aromatic heterocycles. The first-order chi connectivity index (χ1) is 11.0. The smallest absolute Gasteiger partial charge is 0.0738 e. The Kier molecular flexibility index (Phi) is 4.71.